The summed E-state index contributed by atoms with van der Waals surface area (Å²) in [4.78, 5) is 44.5. The molecule has 0 saturated carbocycles. The van der Waals surface area contributed by atoms with Crippen molar-refractivity contribution in [2.45, 2.75) is 70.7 Å². The Labute approximate surface area is 232 Å². The predicted octanol–water partition coefficient (Wildman–Crippen LogP) is 2.64. The Morgan fingerprint density at radius 3 is 2.41 bits per heavy atom. The van der Waals surface area contributed by atoms with Gasteiger partial charge in [-0.15, -0.1) is 0 Å². The van der Waals surface area contributed by atoms with E-state index in [1.807, 2.05) is 44.2 Å². The van der Waals surface area contributed by atoms with E-state index in [1.165, 1.54) is 16.7 Å². The molecule has 8 nitrogen and oxygen atoms in total. The van der Waals surface area contributed by atoms with Gasteiger partial charge in [-0.3, -0.25) is 19.3 Å². The lowest BCUT2D eigenvalue weighted by Crippen LogP contribution is -2.64. The van der Waals surface area contributed by atoms with Gasteiger partial charge in [0, 0.05) is 26.2 Å². The Balaban J connectivity index is 1.56. The first-order valence-corrected chi connectivity index (χ1v) is 14.2. The summed E-state index contributed by atoms with van der Waals surface area (Å²) in [5.41, 5.74) is 3.61. The quantitative estimate of drug-likeness (QED) is 0.461. The molecule has 0 aromatic heterocycles. The first kappa shape index (κ1) is 28.8. The van der Waals surface area contributed by atoms with Gasteiger partial charge in [0.25, 0.3) is 0 Å². The molecule has 2 aromatic carbocycles. The number of piperazine rings is 1. The molecule has 3 amide bonds. The molecule has 3 N–H and O–H groups in total. The Kier molecular flexibility index (Phi) is 9.75. The van der Waals surface area contributed by atoms with Crippen LogP contribution in [0.1, 0.15) is 56.3 Å². The first-order valence-electron chi connectivity index (χ1n) is 14.2. The molecule has 0 bridgehead atoms. The van der Waals surface area contributed by atoms with Gasteiger partial charge in [0.2, 0.25) is 17.7 Å². The molecule has 0 spiro atoms. The smallest absolute Gasteiger partial charge is 0.246 e. The highest BCUT2D eigenvalue weighted by atomic mass is 16.2. The van der Waals surface area contributed by atoms with E-state index in [-0.39, 0.29) is 29.7 Å². The molecule has 4 atom stereocenters. The van der Waals surface area contributed by atoms with Gasteiger partial charge >= 0.3 is 0 Å². The normalized spacial score (nSPS) is 21.1. The van der Waals surface area contributed by atoms with Crippen LogP contribution in [0.3, 0.4) is 0 Å². The fourth-order valence-electron chi connectivity index (χ4n) is 5.59. The molecular formula is C31H43N5O3. The maximum Gasteiger partial charge on any atom is 0.246 e. The Bertz CT molecular complexity index is 1140. The zero-order valence-electron chi connectivity index (χ0n) is 23.7. The molecule has 1 aliphatic carbocycles. The van der Waals surface area contributed by atoms with Crippen molar-refractivity contribution < 1.29 is 14.4 Å². The second-order valence-electron chi connectivity index (χ2n) is 11.2. The lowest BCUT2D eigenvalue weighted by atomic mass is 9.87. The number of carbonyl (C=O) groups excluding carboxylic acids is 3. The van der Waals surface area contributed by atoms with E-state index < -0.39 is 18.1 Å². The van der Waals surface area contributed by atoms with Crippen LogP contribution in [0, 0.1) is 5.92 Å². The fraction of sp³-hybridized carbons (Fsp3) is 0.516. The number of carbonyl (C=O) groups is 3. The molecule has 1 fully saturated rings. The molecule has 4 rings (SSSR count). The topological polar surface area (TPSA) is 93.8 Å². The van der Waals surface area contributed by atoms with Gasteiger partial charge in [0.15, 0.2) is 0 Å². The number of fused-ring (bicyclic) bond motifs is 1. The van der Waals surface area contributed by atoms with Gasteiger partial charge < -0.3 is 20.9 Å². The SMILES string of the molecule is CN[C@@H](C)C(=O)N[C@H](C(=O)N1CCN(Cc2ccccc2)C[C@H]1C(=O)N[C@@H]1CCCc2ccccc21)C(C)C. The monoisotopic (exact) mass is 533 g/mol. The molecule has 1 heterocycles. The van der Waals surface area contributed by atoms with Crippen LogP contribution in [0.5, 0.6) is 0 Å². The molecule has 2 aromatic rings. The van der Waals surface area contributed by atoms with E-state index >= 15 is 0 Å². The van der Waals surface area contributed by atoms with Gasteiger partial charge in [0.05, 0.1) is 12.1 Å². The Hall–Kier alpha value is -3.23. The summed E-state index contributed by atoms with van der Waals surface area (Å²) in [7, 11) is 1.71. The molecule has 0 unspecified atom stereocenters. The van der Waals surface area contributed by atoms with Crippen molar-refractivity contribution in [1.82, 2.24) is 25.8 Å². The van der Waals surface area contributed by atoms with E-state index in [9.17, 15) is 14.4 Å². The lowest BCUT2D eigenvalue weighted by molar-refractivity contribution is -0.148. The molecule has 2 aliphatic rings. The highest BCUT2D eigenvalue weighted by Crippen LogP contribution is 2.30. The highest BCUT2D eigenvalue weighted by molar-refractivity contribution is 5.93. The average molecular weight is 534 g/mol. The summed E-state index contributed by atoms with van der Waals surface area (Å²) in [6.07, 6.45) is 2.91. The number of nitrogens with zero attached hydrogens (tertiary/aromatic N) is 2. The zero-order valence-corrected chi connectivity index (χ0v) is 23.7. The molecule has 1 saturated heterocycles. The van der Waals surface area contributed by atoms with Gasteiger partial charge in [-0.1, -0.05) is 68.4 Å². The number of amides is 3. The number of hydrogen-bond acceptors (Lipinski definition) is 5. The van der Waals surface area contributed by atoms with Crippen molar-refractivity contribution >= 4 is 17.7 Å². The van der Waals surface area contributed by atoms with Crippen molar-refractivity contribution in [2.75, 3.05) is 26.7 Å². The fourth-order valence-corrected chi connectivity index (χ4v) is 5.59. The van der Waals surface area contributed by atoms with Crippen molar-refractivity contribution in [3.05, 3.63) is 71.3 Å². The van der Waals surface area contributed by atoms with Crippen molar-refractivity contribution in [2.24, 2.45) is 5.92 Å². The zero-order chi connectivity index (χ0) is 27.9. The van der Waals surface area contributed by atoms with Crippen LogP contribution in [0.4, 0.5) is 0 Å². The average Bonchev–Trinajstić information content (AvgIpc) is 2.95. The molecule has 1 aliphatic heterocycles. The summed E-state index contributed by atoms with van der Waals surface area (Å²) in [6, 6.07) is 16.6. The minimum Gasteiger partial charge on any atom is -0.347 e. The Morgan fingerprint density at radius 1 is 0.974 bits per heavy atom. The van der Waals surface area contributed by atoms with Gasteiger partial charge in [-0.2, -0.15) is 0 Å². The van der Waals surface area contributed by atoms with E-state index in [0.717, 1.165) is 19.3 Å². The minimum absolute atomic E-state index is 0.0685. The number of benzene rings is 2. The van der Waals surface area contributed by atoms with Crippen LogP contribution < -0.4 is 16.0 Å². The van der Waals surface area contributed by atoms with Gasteiger partial charge in [-0.05, 0) is 55.8 Å². The third-order valence-electron chi connectivity index (χ3n) is 8.04. The number of rotatable bonds is 9. The predicted molar refractivity (Wildman–Crippen MR) is 153 cm³/mol. The summed E-state index contributed by atoms with van der Waals surface area (Å²) in [5.74, 6) is -0.695. The second kappa shape index (κ2) is 13.2. The van der Waals surface area contributed by atoms with E-state index in [2.05, 4.69) is 45.1 Å². The number of hydrogen-bond donors (Lipinski definition) is 3. The summed E-state index contributed by atoms with van der Waals surface area (Å²) in [5, 5.41) is 9.15. The molecule has 8 heteroatoms. The van der Waals surface area contributed by atoms with E-state index in [0.29, 0.717) is 26.2 Å². The highest BCUT2D eigenvalue weighted by Gasteiger charge is 2.40. The molecular weight excluding hydrogens is 490 g/mol. The van der Waals surface area contributed by atoms with Crippen molar-refractivity contribution in [3.63, 3.8) is 0 Å². The second-order valence-corrected chi connectivity index (χ2v) is 11.2. The van der Waals surface area contributed by atoms with Crippen molar-refractivity contribution in [3.8, 4) is 0 Å². The third kappa shape index (κ3) is 7.05. The van der Waals surface area contributed by atoms with E-state index in [1.54, 1.807) is 18.9 Å². The summed E-state index contributed by atoms with van der Waals surface area (Å²) >= 11 is 0. The third-order valence-corrected chi connectivity index (χ3v) is 8.04. The van der Waals surface area contributed by atoms with E-state index in [4.69, 9.17) is 0 Å². The van der Waals surface area contributed by atoms with Crippen LogP contribution in [-0.4, -0.2) is 72.3 Å². The molecule has 210 valence electrons. The van der Waals surface area contributed by atoms with Crippen molar-refractivity contribution in [1.29, 1.82) is 0 Å². The molecule has 39 heavy (non-hydrogen) atoms. The number of likely N-dealkylation sites (N-methyl/N-ethyl adjacent to an activating group) is 1. The summed E-state index contributed by atoms with van der Waals surface area (Å²) < 4.78 is 0. The summed E-state index contributed by atoms with van der Waals surface area (Å²) in [6.45, 7) is 7.83. The minimum atomic E-state index is -0.709. The lowest BCUT2D eigenvalue weighted by Gasteiger charge is -2.43. The number of nitrogens with one attached hydrogen (secondary N) is 3. The van der Waals surface area contributed by atoms with Crippen LogP contribution in [0.15, 0.2) is 54.6 Å². The van der Waals surface area contributed by atoms with Crippen LogP contribution in [-0.2, 0) is 27.3 Å². The largest absolute Gasteiger partial charge is 0.347 e. The standard InChI is InChI=1S/C31H43N5O3/c1-21(2)28(34-29(37)22(3)32-4)31(39)36-18-17-35(19-23-11-6-5-7-12-23)20-27(36)30(38)33-26-16-10-14-24-13-8-9-15-25(24)26/h5-9,11-13,15,21-22,26-28,32H,10,14,16-20H2,1-4H3,(H,33,38)(H,34,37)/t22-,26+,27-,28-/m0/s1. The maximum atomic E-state index is 13.9. The van der Waals surface area contributed by atoms with Gasteiger partial charge in [0.1, 0.15) is 12.1 Å². The maximum absolute atomic E-state index is 13.9. The first-order chi connectivity index (χ1) is 18.8. The number of aryl methyl sites for hydroxylation is 1. The Morgan fingerprint density at radius 2 is 1.69 bits per heavy atom. The molecule has 0 radical (unpaired) electrons. The van der Waals surface area contributed by atoms with Crippen LogP contribution in [0.25, 0.3) is 0 Å². The van der Waals surface area contributed by atoms with Crippen LogP contribution >= 0.6 is 0 Å². The van der Waals surface area contributed by atoms with Crippen LogP contribution in [0.2, 0.25) is 0 Å². The van der Waals surface area contributed by atoms with Gasteiger partial charge in [-0.25, -0.2) is 0 Å².